The Labute approximate surface area is 233 Å². The smallest absolute Gasteiger partial charge is 0.323 e. The number of benzene rings is 4. The number of nitrogens with zero attached hydrogens (tertiary/aromatic N) is 2. The normalized spacial score (nSPS) is 15.0. The van der Waals surface area contributed by atoms with Crippen LogP contribution in [-0.4, -0.2) is 51.3 Å². The number of methoxy groups -OCH3 is 1. The number of fused-ring (bicyclic) bond motifs is 1. The molecule has 0 aromatic heterocycles. The summed E-state index contributed by atoms with van der Waals surface area (Å²) in [5.74, 6) is 0.750. The summed E-state index contributed by atoms with van der Waals surface area (Å²) >= 11 is 0. The van der Waals surface area contributed by atoms with Crippen molar-refractivity contribution in [3.8, 4) is 5.75 Å². The lowest BCUT2D eigenvalue weighted by Crippen LogP contribution is -2.47. The van der Waals surface area contributed by atoms with Crippen molar-refractivity contribution in [2.24, 2.45) is 0 Å². The van der Waals surface area contributed by atoms with Crippen LogP contribution < -0.4 is 30.5 Å². The molecule has 3 N–H and O–H groups in total. The lowest BCUT2D eigenvalue weighted by Gasteiger charge is -2.38. The van der Waals surface area contributed by atoms with Gasteiger partial charge in [0, 0.05) is 49.0 Å². The fraction of sp³-hybridized carbons (Fsp3) is 0.250. The van der Waals surface area contributed by atoms with Gasteiger partial charge < -0.3 is 30.5 Å². The molecule has 1 heterocycles. The molecular weight excluding hydrogens is 502 g/mol. The Bertz CT molecular complexity index is 1540. The van der Waals surface area contributed by atoms with E-state index >= 15 is 0 Å². The van der Waals surface area contributed by atoms with Crippen molar-refractivity contribution in [1.29, 1.82) is 0 Å². The van der Waals surface area contributed by atoms with Gasteiger partial charge >= 0.3 is 6.03 Å². The van der Waals surface area contributed by atoms with Crippen LogP contribution in [0.1, 0.15) is 23.2 Å². The molecule has 204 valence electrons. The van der Waals surface area contributed by atoms with E-state index < -0.39 is 0 Å². The van der Waals surface area contributed by atoms with Crippen LogP contribution in [0.15, 0.2) is 84.9 Å². The summed E-state index contributed by atoms with van der Waals surface area (Å²) in [4.78, 5) is 30.8. The molecule has 40 heavy (non-hydrogen) atoms. The van der Waals surface area contributed by atoms with Crippen LogP contribution in [0.4, 0.5) is 27.5 Å². The van der Waals surface area contributed by atoms with Gasteiger partial charge in [-0.3, -0.25) is 4.79 Å². The van der Waals surface area contributed by atoms with Crippen molar-refractivity contribution in [2.45, 2.75) is 18.9 Å². The van der Waals surface area contributed by atoms with Crippen LogP contribution in [0.3, 0.4) is 0 Å². The molecule has 1 saturated carbocycles. The fourth-order valence-corrected chi connectivity index (χ4v) is 5.26. The van der Waals surface area contributed by atoms with Gasteiger partial charge in [-0.25, -0.2) is 4.79 Å². The Hall–Kier alpha value is -4.72. The molecule has 0 bridgehead atoms. The highest BCUT2D eigenvalue weighted by Gasteiger charge is 2.28. The van der Waals surface area contributed by atoms with Crippen molar-refractivity contribution in [3.05, 3.63) is 90.5 Å². The summed E-state index contributed by atoms with van der Waals surface area (Å²) in [5.41, 5.74) is 3.81. The minimum Gasteiger partial charge on any atom is -0.495 e. The molecular formula is C32H33N5O3. The zero-order chi connectivity index (χ0) is 27.5. The van der Waals surface area contributed by atoms with E-state index in [1.807, 2.05) is 72.8 Å². The molecule has 1 aliphatic heterocycles. The van der Waals surface area contributed by atoms with Crippen LogP contribution >= 0.6 is 0 Å². The first kappa shape index (κ1) is 25.6. The average Bonchev–Trinajstić information content (AvgIpc) is 3.81. The molecule has 2 aliphatic rings. The number of para-hydroxylation sites is 2. The van der Waals surface area contributed by atoms with Gasteiger partial charge in [0.15, 0.2) is 0 Å². The average molecular weight is 536 g/mol. The molecule has 0 radical (unpaired) electrons. The minimum atomic E-state index is -0.358. The summed E-state index contributed by atoms with van der Waals surface area (Å²) < 4.78 is 5.56. The van der Waals surface area contributed by atoms with Gasteiger partial charge in [-0.2, -0.15) is 0 Å². The fourth-order valence-electron chi connectivity index (χ4n) is 5.26. The third-order valence-corrected chi connectivity index (χ3v) is 7.50. The second-order valence-electron chi connectivity index (χ2n) is 10.2. The molecule has 2 fully saturated rings. The van der Waals surface area contributed by atoms with Crippen LogP contribution in [0.5, 0.6) is 5.75 Å². The van der Waals surface area contributed by atoms with E-state index in [4.69, 9.17) is 4.74 Å². The van der Waals surface area contributed by atoms with Crippen molar-refractivity contribution < 1.29 is 14.3 Å². The zero-order valence-electron chi connectivity index (χ0n) is 22.5. The van der Waals surface area contributed by atoms with Gasteiger partial charge in [-0.05, 0) is 54.6 Å². The van der Waals surface area contributed by atoms with E-state index in [0.29, 0.717) is 11.3 Å². The SMILES string of the molecule is COc1ccccc1N1CCN(c2ccc(NC(=O)Nc3cccc4ccccc34)cc2C(=O)NC2CC2)CC1. The van der Waals surface area contributed by atoms with E-state index in [0.717, 1.165) is 72.6 Å². The second kappa shape index (κ2) is 11.2. The van der Waals surface area contributed by atoms with Crippen molar-refractivity contribution >= 4 is 45.5 Å². The van der Waals surface area contributed by atoms with E-state index in [1.54, 1.807) is 13.2 Å². The van der Waals surface area contributed by atoms with Gasteiger partial charge in [0.2, 0.25) is 0 Å². The quantitative estimate of drug-likeness (QED) is 0.282. The molecule has 0 atom stereocenters. The number of carbonyl (C=O) groups excluding carboxylic acids is 2. The number of piperazine rings is 1. The summed E-state index contributed by atoms with van der Waals surface area (Å²) in [6.07, 6.45) is 2.01. The summed E-state index contributed by atoms with van der Waals surface area (Å²) in [6.45, 7) is 3.13. The molecule has 1 saturated heterocycles. The molecule has 3 amide bonds. The molecule has 8 nitrogen and oxygen atoms in total. The third kappa shape index (κ3) is 5.52. The molecule has 4 aromatic rings. The monoisotopic (exact) mass is 535 g/mol. The molecule has 0 spiro atoms. The number of rotatable bonds is 7. The van der Waals surface area contributed by atoms with E-state index in [2.05, 4.69) is 31.8 Å². The van der Waals surface area contributed by atoms with Gasteiger partial charge in [0.25, 0.3) is 5.91 Å². The standard InChI is InChI=1S/C32H33N5O3/c1-40-30-12-5-4-11-29(30)37-19-17-36(18-20-37)28-16-15-24(21-26(28)31(38)33-23-13-14-23)34-32(39)35-27-10-6-8-22-7-2-3-9-25(22)27/h2-12,15-16,21,23H,13-14,17-20H2,1H3,(H,33,38)(H2,34,35,39). The van der Waals surface area contributed by atoms with Gasteiger partial charge in [-0.15, -0.1) is 0 Å². The number of nitrogens with one attached hydrogen (secondary N) is 3. The maximum atomic E-state index is 13.3. The van der Waals surface area contributed by atoms with Gasteiger partial charge in [0.1, 0.15) is 5.75 Å². The van der Waals surface area contributed by atoms with Crippen LogP contribution in [-0.2, 0) is 0 Å². The van der Waals surface area contributed by atoms with Crippen LogP contribution in [0.2, 0.25) is 0 Å². The number of urea groups is 1. The van der Waals surface area contributed by atoms with Crippen LogP contribution in [0, 0.1) is 0 Å². The lowest BCUT2D eigenvalue weighted by molar-refractivity contribution is 0.0951. The highest BCUT2D eigenvalue weighted by Crippen LogP contribution is 2.32. The minimum absolute atomic E-state index is 0.109. The van der Waals surface area contributed by atoms with Crippen molar-refractivity contribution in [3.63, 3.8) is 0 Å². The van der Waals surface area contributed by atoms with E-state index in [1.165, 1.54) is 0 Å². The van der Waals surface area contributed by atoms with Crippen LogP contribution in [0.25, 0.3) is 10.8 Å². The van der Waals surface area contributed by atoms with Gasteiger partial charge in [-0.1, -0.05) is 48.5 Å². The first-order valence-corrected chi connectivity index (χ1v) is 13.7. The van der Waals surface area contributed by atoms with E-state index in [9.17, 15) is 9.59 Å². The van der Waals surface area contributed by atoms with Gasteiger partial charge in [0.05, 0.1) is 24.0 Å². The number of hydrogen-bond acceptors (Lipinski definition) is 5. The molecule has 1 aliphatic carbocycles. The Morgan fingerprint density at radius 3 is 2.25 bits per heavy atom. The third-order valence-electron chi connectivity index (χ3n) is 7.50. The molecule has 6 rings (SSSR count). The first-order chi connectivity index (χ1) is 19.6. The summed E-state index contributed by atoms with van der Waals surface area (Å²) in [7, 11) is 1.69. The Morgan fingerprint density at radius 2 is 1.48 bits per heavy atom. The Kier molecular flexibility index (Phi) is 7.14. The number of amides is 3. The second-order valence-corrected chi connectivity index (χ2v) is 10.2. The predicted molar refractivity (Wildman–Crippen MR) is 161 cm³/mol. The number of ether oxygens (including phenoxy) is 1. The van der Waals surface area contributed by atoms with Crippen molar-refractivity contribution in [1.82, 2.24) is 5.32 Å². The maximum absolute atomic E-state index is 13.3. The maximum Gasteiger partial charge on any atom is 0.323 e. The highest BCUT2D eigenvalue weighted by molar-refractivity contribution is 6.07. The van der Waals surface area contributed by atoms with Crippen molar-refractivity contribution in [2.75, 3.05) is 53.7 Å². The predicted octanol–water partition coefficient (Wildman–Crippen LogP) is 5.71. The molecule has 0 unspecified atom stereocenters. The topological polar surface area (TPSA) is 85.9 Å². The molecule has 4 aromatic carbocycles. The lowest BCUT2D eigenvalue weighted by atomic mass is 10.1. The molecule has 8 heteroatoms. The number of anilines is 4. The van der Waals surface area contributed by atoms with E-state index in [-0.39, 0.29) is 18.0 Å². The first-order valence-electron chi connectivity index (χ1n) is 13.7. The number of carbonyl (C=O) groups is 2. The Balaban J connectivity index is 1.19. The summed E-state index contributed by atoms with van der Waals surface area (Å²) in [5, 5.41) is 11.0. The largest absolute Gasteiger partial charge is 0.495 e. The summed E-state index contributed by atoms with van der Waals surface area (Å²) in [6, 6.07) is 27.2. The number of hydrogen-bond donors (Lipinski definition) is 3. The Morgan fingerprint density at radius 1 is 0.775 bits per heavy atom. The highest BCUT2D eigenvalue weighted by atomic mass is 16.5. The zero-order valence-corrected chi connectivity index (χ0v) is 22.5.